The highest BCUT2D eigenvalue weighted by atomic mass is 32.1. The van der Waals surface area contributed by atoms with E-state index in [0.29, 0.717) is 6.61 Å². The molecular formula is C19H24N2OS. The third kappa shape index (κ3) is 2.63. The molecule has 1 saturated heterocycles. The molecule has 23 heavy (non-hydrogen) atoms. The molecule has 1 aliphatic carbocycles. The summed E-state index contributed by atoms with van der Waals surface area (Å²) in [5.41, 5.74) is 2.95. The minimum atomic E-state index is 0.255. The highest BCUT2D eigenvalue weighted by molar-refractivity contribution is 7.09. The molecule has 2 aromatic rings. The van der Waals surface area contributed by atoms with Crippen LogP contribution in [0.2, 0.25) is 0 Å². The fraction of sp³-hybridized carbons (Fsp3) is 0.526. The third-order valence-electron chi connectivity index (χ3n) is 5.53. The number of thiazole rings is 1. The second-order valence-electron chi connectivity index (χ2n) is 6.78. The largest absolute Gasteiger partial charge is 0.378 e. The van der Waals surface area contributed by atoms with Gasteiger partial charge in [0.25, 0.3) is 0 Å². The van der Waals surface area contributed by atoms with Gasteiger partial charge in [-0.25, -0.2) is 4.98 Å². The topological polar surface area (TPSA) is 25.4 Å². The summed E-state index contributed by atoms with van der Waals surface area (Å²) in [6.45, 7) is 2.80. The molecule has 0 spiro atoms. The Morgan fingerprint density at radius 3 is 2.96 bits per heavy atom. The second-order valence-corrected chi connectivity index (χ2v) is 7.72. The fourth-order valence-electron chi connectivity index (χ4n) is 4.51. The van der Waals surface area contributed by atoms with E-state index in [-0.39, 0.29) is 5.54 Å². The van der Waals surface area contributed by atoms with Crippen LogP contribution in [0.3, 0.4) is 0 Å². The van der Waals surface area contributed by atoms with Gasteiger partial charge in [0.15, 0.2) is 0 Å². The molecule has 1 aromatic heterocycles. The molecular weight excluding hydrogens is 304 g/mol. The van der Waals surface area contributed by atoms with Crippen LogP contribution in [0.5, 0.6) is 0 Å². The van der Waals surface area contributed by atoms with E-state index >= 15 is 0 Å². The van der Waals surface area contributed by atoms with E-state index in [4.69, 9.17) is 9.72 Å². The first kappa shape index (κ1) is 15.3. The van der Waals surface area contributed by atoms with Crippen LogP contribution in [-0.2, 0) is 23.4 Å². The highest BCUT2D eigenvalue weighted by Gasteiger charge is 2.54. The summed E-state index contributed by atoms with van der Waals surface area (Å²) in [4.78, 5) is 7.40. The quantitative estimate of drug-likeness (QED) is 0.823. The van der Waals surface area contributed by atoms with Gasteiger partial charge in [-0.1, -0.05) is 43.2 Å². The van der Waals surface area contributed by atoms with Crippen molar-refractivity contribution in [3.05, 3.63) is 52.0 Å². The van der Waals surface area contributed by atoms with Crippen LogP contribution >= 0.6 is 11.3 Å². The molecule has 1 saturated carbocycles. The first-order valence-electron chi connectivity index (χ1n) is 8.56. The van der Waals surface area contributed by atoms with E-state index < -0.39 is 0 Å². The van der Waals surface area contributed by atoms with Crippen molar-refractivity contribution in [3.8, 4) is 0 Å². The lowest BCUT2D eigenvalue weighted by Gasteiger charge is -2.61. The Morgan fingerprint density at radius 2 is 2.17 bits per heavy atom. The molecule has 0 radical (unpaired) electrons. The van der Waals surface area contributed by atoms with E-state index in [9.17, 15) is 0 Å². The van der Waals surface area contributed by atoms with Gasteiger partial charge in [0.2, 0.25) is 0 Å². The summed E-state index contributed by atoms with van der Waals surface area (Å²) in [6, 6.07) is 11.1. The van der Waals surface area contributed by atoms with Gasteiger partial charge in [-0.2, -0.15) is 0 Å². The van der Waals surface area contributed by atoms with E-state index in [1.807, 2.05) is 0 Å². The molecule has 1 aliphatic heterocycles. The number of likely N-dealkylation sites (tertiary alicyclic amines) is 1. The highest BCUT2D eigenvalue weighted by Crippen LogP contribution is 2.54. The van der Waals surface area contributed by atoms with Crippen molar-refractivity contribution in [1.82, 2.24) is 9.88 Å². The first-order valence-corrected chi connectivity index (χ1v) is 9.43. The summed E-state index contributed by atoms with van der Waals surface area (Å²) >= 11 is 1.71. The minimum absolute atomic E-state index is 0.255. The van der Waals surface area contributed by atoms with Crippen LogP contribution in [0.25, 0.3) is 0 Å². The number of ether oxygens (including phenoxy) is 1. The van der Waals surface area contributed by atoms with E-state index in [1.165, 1.54) is 43.5 Å². The van der Waals surface area contributed by atoms with Crippen LogP contribution in [-0.4, -0.2) is 23.5 Å². The maximum Gasteiger partial charge on any atom is 0.119 e. The van der Waals surface area contributed by atoms with E-state index in [2.05, 4.69) is 40.6 Å². The Morgan fingerprint density at radius 1 is 1.30 bits per heavy atom. The number of rotatable bonds is 5. The minimum Gasteiger partial charge on any atom is -0.378 e. The SMILES string of the molecule is COCc1nc(CN2C[C@H]3CCCC[C@]32c2ccccc2)cs1. The van der Waals surface area contributed by atoms with Gasteiger partial charge in [0.05, 0.1) is 17.8 Å². The number of fused-ring (bicyclic) bond motifs is 1. The Balaban J connectivity index is 1.58. The summed E-state index contributed by atoms with van der Waals surface area (Å²) in [5, 5.41) is 3.28. The van der Waals surface area contributed by atoms with Gasteiger partial charge in [-0.05, 0) is 24.3 Å². The van der Waals surface area contributed by atoms with E-state index in [1.54, 1.807) is 18.4 Å². The number of methoxy groups -OCH3 is 1. The van der Waals surface area contributed by atoms with Crippen molar-refractivity contribution in [2.45, 2.75) is 44.4 Å². The third-order valence-corrected chi connectivity index (χ3v) is 6.41. The summed E-state index contributed by atoms with van der Waals surface area (Å²) < 4.78 is 5.20. The molecule has 0 N–H and O–H groups in total. The zero-order valence-corrected chi connectivity index (χ0v) is 14.5. The van der Waals surface area contributed by atoms with Crippen molar-refractivity contribution < 1.29 is 4.74 Å². The van der Waals surface area contributed by atoms with Gasteiger partial charge in [-0.3, -0.25) is 4.90 Å². The van der Waals surface area contributed by atoms with E-state index in [0.717, 1.165) is 17.5 Å². The Kier molecular flexibility index (Phi) is 4.22. The maximum absolute atomic E-state index is 5.20. The van der Waals surface area contributed by atoms with Gasteiger partial charge >= 0.3 is 0 Å². The summed E-state index contributed by atoms with van der Waals surface area (Å²) in [7, 11) is 1.73. The molecule has 1 aromatic carbocycles. The first-order chi connectivity index (χ1) is 11.3. The molecule has 2 aliphatic rings. The zero-order chi connectivity index (χ0) is 15.7. The normalized spacial score (nSPS) is 27.4. The van der Waals surface area contributed by atoms with Crippen LogP contribution in [0.4, 0.5) is 0 Å². The van der Waals surface area contributed by atoms with Crippen LogP contribution < -0.4 is 0 Å². The Hall–Kier alpha value is -1.23. The Labute approximate surface area is 142 Å². The molecule has 2 fully saturated rings. The maximum atomic E-state index is 5.20. The predicted octanol–water partition coefficient (Wildman–Crippen LogP) is 4.19. The van der Waals surface area contributed by atoms with Crippen molar-refractivity contribution >= 4 is 11.3 Å². The zero-order valence-electron chi connectivity index (χ0n) is 13.7. The standard InChI is InChI=1S/C19H24N2OS/c1-22-13-18-20-17(14-23-18)12-21-11-16-9-5-6-10-19(16,21)15-7-3-2-4-8-15/h2-4,7-8,14,16H,5-6,9-13H2,1H3/t16-,19+/m1/s1. The number of nitrogens with zero attached hydrogens (tertiary/aromatic N) is 2. The molecule has 2 atom stereocenters. The lowest BCUT2D eigenvalue weighted by Crippen LogP contribution is -2.65. The molecule has 0 bridgehead atoms. The number of benzene rings is 1. The molecule has 122 valence electrons. The average molecular weight is 328 g/mol. The van der Waals surface area contributed by atoms with Crippen molar-refractivity contribution in [1.29, 1.82) is 0 Å². The molecule has 0 unspecified atom stereocenters. The molecule has 4 heteroatoms. The van der Waals surface area contributed by atoms with Crippen LogP contribution in [0.15, 0.2) is 35.7 Å². The average Bonchev–Trinajstić information content (AvgIpc) is 3.01. The van der Waals surface area contributed by atoms with Crippen molar-refractivity contribution in [3.63, 3.8) is 0 Å². The second kappa shape index (κ2) is 6.34. The lowest BCUT2D eigenvalue weighted by atomic mass is 9.61. The molecule has 2 heterocycles. The Bertz CT molecular complexity index is 656. The van der Waals surface area contributed by atoms with Crippen molar-refractivity contribution in [2.75, 3.05) is 13.7 Å². The van der Waals surface area contributed by atoms with Gasteiger partial charge < -0.3 is 4.74 Å². The predicted molar refractivity (Wildman–Crippen MR) is 93.3 cm³/mol. The monoisotopic (exact) mass is 328 g/mol. The summed E-state index contributed by atoms with van der Waals surface area (Å²) in [5.74, 6) is 0.815. The molecule has 3 nitrogen and oxygen atoms in total. The number of aromatic nitrogens is 1. The molecule has 0 amide bonds. The fourth-order valence-corrected chi connectivity index (χ4v) is 5.26. The number of hydrogen-bond acceptors (Lipinski definition) is 4. The van der Waals surface area contributed by atoms with Gasteiger partial charge in [-0.15, -0.1) is 11.3 Å². The smallest absolute Gasteiger partial charge is 0.119 e. The number of hydrogen-bond donors (Lipinski definition) is 0. The lowest BCUT2D eigenvalue weighted by molar-refractivity contribution is -0.121. The molecule has 4 rings (SSSR count). The van der Waals surface area contributed by atoms with Gasteiger partial charge in [0.1, 0.15) is 5.01 Å². The summed E-state index contributed by atoms with van der Waals surface area (Å²) in [6.07, 6.45) is 5.39. The van der Waals surface area contributed by atoms with Crippen molar-refractivity contribution in [2.24, 2.45) is 5.92 Å². The van der Waals surface area contributed by atoms with Gasteiger partial charge in [0, 0.05) is 25.6 Å². The van der Waals surface area contributed by atoms with Crippen LogP contribution in [0, 0.1) is 5.92 Å². The van der Waals surface area contributed by atoms with Crippen LogP contribution in [0.1, 0.15) is 41.9 Å².